The highest BCUT2D eigenvalue weighted by atomic mass is 35.5. The molecule has 2 heterocycles. The van der Waals surface area contributed by atoms with E-state index in [2.05, 4.69) is 4.90 Å². The zero-order valence-electron chi connectivity index (χ0n) is 19.0. The van der Waals surface area contributed by atoms with E-state index in [1.807, 2.05) is 41.3 Å². The first-order valence-electron chi connectivity index (χ1n) is 12.0. The van der Waals surface area contributed by atoms with E-state index in [1.165, 1.54) is 16.5 Å². The summed E-state index contributed by atoms with van der Waals surface area (Å²) in [6.45, 7) is 3.63. The number of nitrogens with zero attached hydrogens (tertiary/aromatic N) is 4. The maximum absolute atomic E-state index is 13.1. The van der Waals surface area contributed by atoms with Gasteiger partial charge in [0.1, 0.15) is 5.69 Å². The van der Waals surface area contributed by atoms with Crippen molar-refractivity contribution in [3.05, 3.63) is 75.3 Å². The number of carbonyl (C=O) groups is 2. The number of fused-ring (bicyclic) bond motifs is 5. The molecule has 0 aromatic heterocycles. The molecule has 4 aliphatic rings. The van der Waals surface area contributed by atoms with Crippen LogP contribution in [0.15, 0.2) is 54.6 Å². The molecule has 0 unspecified atom stereocenters. The van der Waals surface area contributed by atoms with Gasteiger partial charge in [0.15, 0.2) is 0 Å². The summed E-state index contributed by atoms with van der Waals surface area (Å²) in [4.78, 5) is 43.4. The molecule has 2 bridgehead atoms. The quantitative estimate of drug-likeness (QED) is 0.272. The molecule has 2 amide bonds. The van der Waals surface area contributed by atoms with Crippen molar-refractivity contribution in [2.45, 2.75) is 13.0 Å². The van der Waals surface area contributed by atoms with Gasteiger partial charge in [-0.1, -0.05) is 35.9 Å². The van der Waals surface area contributed by atoms with E-state index in [1.54, 1.807) is 12.1 Å². The largest absolute Gasteiger partial charge is 0.363 e. The molecule has 35 heavy (non-hydrogen) atoms. The van der Waals surface area contributed by atoms with Gasteiger partial charge in [-0.2, -0.15) is 0 Å². The maximum Gasteiger partial charge on any atom is 0.294 e. The highest BCUT2D eigenvalue weighted by Gasteiger charge is 2.59. The standard InChI is InChI=1S/C26H25ClN4O4/c27-19-5-1-16(2-6-19)15-28-9-11-29(12-10-28)21-8-7-20(14-22(21)31(34)35)30-25(32)23-17-3-4-18(13-17)24(23)26(30)33/h1-8,14,17-18,23-24H,9-13,15H2/t17-,18-,23+,24+/m0/s1. The second kappa shape index (κ2) is 8.46. The van der Waals surface area contributed by atoms with Crippen LogP contribution in [0.3, 0.4) is 0 Å². The highest BCUT2D eigenvalue weighted by Crippen LogP contribution is 2.53. The molecular weight excluding hydrogens is 468 g/mol. The second-order valence-corrected chi connectivity index (χ2v) is 10.3. The van der Waals surface area contributed by atoms with Gasteiger partial charge in [-0.15, -0.1) is 0 Å². The normalized spacial score (nSPS) is 27.7. The Bertz CT molecular complexity index is 1210. The lowest BCUT2D eigenvalue weighted by Crippen LogP contribution is -2.46. The molecule has 180 valence electrons. The van der Waals surface area contributed by atoms with E-state index in [9.17, 15) is 19.7 Å². The Morgan fingerprint density at radius 2 is 1.54 bits per heavy atom. The summed E-state index contributed by atoms with van der Waals surface area (Å²) >= 11 is 5.97. The summed E-state index contributed by atoms with van der Waals surface area (Å²) in [7, 11) is 0. The number of benzene rings is 2. The molecule has 4 atom stereocenters. The number of allylic oxidation sites excluding steroid dienone is 2. The number of hydrogen-bond donors (Lipinski definition) is 0. The predicted octanol–water partition coefficient (Wildman–Crippen LogP) is 3.88. The number of carbonyl (C=O) groups excluding carboxylic acids is 2. The van der Waals surface area contributed by atoms with E-state index in [0.29, 0.717) is 29.5 Å². The van der Waals surface area contributed by atoms with Gasteiger partial charge in [0.25, 0.3) is 5.69 Å². The molecule has 2 aliphatic heterocycles. The minimum atomic E-state index is -0.421. The first-order chi connectivity index (χ1) is 16.9. The molecule has 2 aromatic carbocycles. The van der Waals surface area contributed by atoms with Crippen molar-refractivity contribution in [2.24, 2.45) is 23.7 Å². The lowest BCUT2D eigenvalue weighted by Gasteiger charge is -2.36. The van der Waals surface area contributed by atoms with Crippen LogP contribution in [-0.4, -0.2) is 47.8 Å². The van der Waals surface area contributed by atoms with Crippen molar-refractivity contribution in [1.29, 1.82) is 0 Å². The third-order valence-electron chi connectivity index (χ3n) is 7.92. The number of nitro benzene ring substituents is 1. The molecule has 6 rings (SSSR count). The SMILES string of the molecule is O=C1[C@H]2[C@H](C(=O)N1c1ccc(N3CCN(Cc4ccc(Cl)cc4)CC3)c([N+](=O)[O-])c1)[C@H]1C=C[C@H]2C1. The predicted molar refractivity (Wildman–Crippen MR) is 132 cm³/mol. The maximum atomic E-state index is 13.1. The molecule has 2 aromatic rings. The van der Waals surface area contributed by atoms with E-state index in [0.717, 1.165) is 26.1 Å². The average molecular weight is 493 g/mol. The Hall–Kier alpha value is -3.23. The lowest BCUT2D eigenvalue weighted by atomic mass is 9.85. The number of piperazine rings is 1. The molecule has 0 N–H and O–H groups in total. The number of imide groups is 1. The van der Waals surface area contributed by atoms with Gasteiger partial charge < -0.3 is 4.90 Å². The Morgan fingerprint density at radius 3 is 2.14 bits per heavy atom. The lowest BCUT2D eigenvalue weighted by molar-refractivity contribution is -0.384. The Kier molecular flexibility index (Phi) is 5.38. The van der Waals surface area contributed by atoms with Crippen LogP contribution in [0, 0.1) is 33.8 Å². The second-order valence-electron chi connectivity index (χ2n) is 9.83. The van der Waals surface area contributed by atoms with Crippen LogP contribution in [0.25, 0.3) is 0 Å². The number of nitro groups is 1. The van der Waals surface area contributed by atoms with Crippen LogP contribution in [0.5, 0.6) is 0 Å². The number of amides is 2. The Morgan fingerprint density at radius 1 is 0.914 bits per heavy atom. The summed E-state index contributed by atoms with van der Waals surface area (Å²) in [5, 5.41) is 12.7. The smallest absolute Gasteiger partial charge is 0.294 e. The molecular formula is C26H25ClN4O4. The van der Waals surface area contributed by atoms with Crippen LogP contribution in [0.2, 0.25) is 5.02 Å². The third kappa shape index (κ3) is 3.72. The Balaban J connectivity index is 1.19. The van der Waals surface area contributed by atoms with Gasteiger partial charge in [-0.3, -0.25) is 24.6 Å². The molecule has 0 spiro atoms. The molecule has 1 saturated carbocycles. The van der Waals surface area contributed by atoms with E-state index in [4.69, 9.17) is 11.6 Å². The van der Waals surface area contributed by atoms with Gasteiger partial charge >= 0.3 is 0 Å². The summed E-state index contributed by atoms with van der Waals surface area (Å²) in [5.41, 5.74) is 1.91. The summed E-state index contributed by atoms with van der Waals surface area (Å²) in [5.74, 6) is -0.908. The number of hydrogen-bond acceptors (Lipinski definition) is 6. The summed E-state index contributed by atoms with van der Waals surface area (Å²) in [6, 6.07) is 12.5. The molecule has 2 aliphatic carbocycles. The summed E-state index contributed by atoms with van der Waals surface area (Å²) < 4.78 is 0. The van der Waals surface area contributed by atoms with Gasteiger partial charge in [-0.25, -0.2) is 4.90 Å². The van der Waals surface area contributed by atoms with Crippen molar-refractivity contribution in [2.75, 3.05) is 36.0 Å². The number of rotatable bonds is 5. The molecule has 0 radical (unpaired) electrons. The van der Waals surface area contributed by atoms with Crippen molar-refractivity contribution in [3.63, 3.8) is 0 Å². The molecule has 9 heteroatoms. The molecule has 2 saturated heterocycles. The molecule has 8 nitrogen and oxygen atoms in total. The first-order valence-corrected chi connectivity index (χ1v) is 12.3. The van der Waals surface area contributed by atoms with Gasteiger partial charge in [0.05, 0.1) is 22.4 Å². The fraction of sp³-hybridized carbons (Fsp3) is 0.385. The fourth-order valence-corrected chi connectivity index (χ4v) is 6.34. The van der Waals surface area contributed by atoms with Crippen LogP contribution in [0.4, 0.5) is 17.1 Å². The van der Waals surface area contributed by atoms with Gasteiger partial charge in [0.2, 0.25) is 11.8 Å². The van der Waals surface area contributed by atoms with Crippen LogP contribution in [-0.2, 0) is 16.1 Å². The highest BCUT2D eigenvalue weighted by molar-refractivity contribution is 6.30. The minimum absolute atomic E-state index is 0.0765. The fourth-order valence-electron chi connectivity index (χ4n) is 6.22. The molecule has 3 fully saturated rings. The topological polar surface area (TPSA) is 87.0 Å². The van der Waals surface area contributed by atoms with E-state index >= 15 is 0 Å². The zero-order valence-corrected chi connectivity index (χ0v) is 19.8. The first kappa shape index (κ1) is 22.2. The van der Waals surface area contributed by atoms with Crippen molar-refractivity contribution < 1.29 is 14.5 Å². The van der Waals surface area contributed by atoms with Gasteiger partial charge in [-0.05, 0) is 48.1 Å². The summed E-state index contributed by atoms with van der Waals surface area (Å²) in [6.07, 6.45) is 4.93. The van der Waals surface area contributed by atoms with Crippen molar-refractivity contribution >= 4 is 40.5 Å². The zero-order chi connectivity index (χ0) is 24.3. The van der Waals surface area contributed by atoms with E-state index in [-0.39, 0.29) is 41.2 Å². The van der Waals surface area contributed by atoms with Crippen LogP contribution >= 0.6 is 11.6 Å². The van der Waals surface area contributed by atoms with Crippen molar-refractivity contribution in [1.82, 2.24) is 4.90 Å². The Labute approximate surface area is 207 Å². The van der Waals surface area contributed by atoms with Crippen molar-refractivity contribution in [3.8, 4) is 0 Å². The van der Waals surface area contributed by atoms with Crippen LogP contribution in [0.1, 0.15) is 12.0 Å². The van der Waals surface area contributed by atoms with Crippen LogP contribution < -0.4 is 9.80 Å². The minimum Gasteiger partial charge on any atom is -0.363 e. The van der Waals surface area contributed by atoms with Gasteiger partial charge in [0, 0.05) is 43.8 Å². The number of halogens is 1. The van der Waals surface area contributed by atoms with E-state index < -0.39 is 4.92 Å². The average Bonchev–Trinajstić information content (AvgIpc) is 3.54. The third-order valence-corrected chi connectivity index (χ3v) is 8.17. The number of anilines is 2. The monoisotopic (exact) mass is 492 g/mol.